The van der Waals surface area contributed by atoms with Crippen LogP contribution in [0.4, 0.5) is 5.69 Å². The molecular formula is C21H19NO. The van der Waals surface area contributed by atoms with Gasteiger partial charge >= 0.3 is 0 Å². The number of amides is 1. The quantitative estimate of drug-likeness (QED) is 0.730. The van der Waals surface area contributed by atoms with Crippen LogP contribution < -0.4 is 5.32 Å². The molecule has 0 bridgehead atoms. The first-order valence-electron chi connectivity index (χ1n) is 7.78. The van der Waals surface area contributed by atoms with Crippen LogP contribution in [0.3, 0.4) is 0 Å². The monoisotopic (exact) mass is 301 g/mol. The number of hydrogen-bond acceptors (Lipinski definition) is 1. The highest BCUT2D eigenvalue weighted by molar-refractivity contribution is 5.96. The van der Waals surface area contributed by atoms with Crippen LogP contribution in [0.1, 0.15) is 17.0 Å². The molecule has 0 fully saturated rings. The Kier molecular flexibility index (Phi) is 4.85. The van der Waals surface area contributed by atoms with Crippen LogP contribution in [0.2, 0.25) is 0 Å². The molecule has 0 aliphatic heterocycles. The second-order valence-electron chi connectivity index (χ2n) is 5.51. The van der Waals surface area contributed by atoms with Gasteiger partial charge < -0.3 is 5.32 Å². The van der Waals surface area contributed by atoms with Crippen LogP contribution in [0.5, 0.6) is 0 Å². The van der Waals surface area contributed by atoms with Crippen molar-refractivity contribution in [2.45, 2.75) is 12.3 Å². The average Bonchev–Trinajstić information content (AvgIpc) is 2.62. The number of nitrogens with one attached hydrogen (secondary N) is 1. The maximum Gasteiger partial charge on any atom is 0.232 e. The summed E-state index contributed by atoms with van der Waals surface area (Å²) in [6.07, 6.45) is 0.684. The molecule has 1 amide bonds. The Hall–Kier alpha value is -2.87. The third-order valence-corrected chi connectivity index (χ3v) is 3.84. The number of anilines is 1. The number of carbonyl (C=O) groups excluding carboxylic acids is 1. The van der Waals surface area contributed by atoms with Crippen LogP contribution in [0.15, 0.2) is 91.0 Å². The summed E-state index contributed by atoms with van der Waals surface area (Å²) in [4.78, 5) is 12.8. The first-order valence-corrected chi connectivity index (χ1v) is 7.78. The Bertz CT molecular complexity index is 739. The van der Waals surface area contributed by atoms with Gasteiger partial charge in [-0.25, -0.2) is 0 Å². The fourth-order valence-electron chi connectivity index (χ4n) is 2.65. The van der Waals surface area contributed by atoms with Crippen molar-refractivity contribution in [3.05, 3.63) is 102 Å². The van der Waals surface area contributed by atoms with E-state index in [1.165, 1.54) is 0 Å². The first kappa shape index (κ1) is 15.0. The van der Waals surface area contributed by atoms with E-state index in [0.29, 0.717) is 6.42 Å². The summed E-state index contributed by atoms with van der Waals surface area (Å²) in [5.74, 6) is -0.190. The number of hydrogen-bond donors (Lipinski definition) is 1. The number of carbonyl (C=O) groups is 1. The van der Waals surface area contributed by atoms with Crippen molar-refractivity contribution < 1.29 is 4.79 Å². The topological polar surface area (TPSA) is 29.1 Å². The van der Waals surface area contributed by atoms with Gasteiger partial charge in [-0.2, -0.15) is 0 Å². The Balaban J connectivity index is 1.84. The molecule has 3 aromatic carbocycles. The van der Waals surface area contributed by atoms with Gasteiger partial charge in [-0.05, 0) is 29.7 Å². The van der Waals surface area contributed by atoms with Crippen LogP contribution in [0, 0.1) is 0 Å². The first-order chi connectivity index (χ1) is 11.3. The minimum Gasteiger partial charge on any atom is -0.326 e. The van der Waals surface area contributed by atoms with Crippen molar-refractivity contribution in [1.29, 1.82) is 0 Å². The highest BCUT2D eigenvalue weighted by Crippen LogP contribution is 2.23. The third-order valence-electron chi connectivity index (χ3n) is 3.84. The van der Waals surface area contributed by atoms with Crippen molar-refractivity contribution >= 4 is 11.6 Å². The van der Waals surface area contributed by atoms with Gasteiger partial charge in [-0.1, -0.05) is 78.9 Å². The van der Waals surface area contributed by atoms with Crippen LogP contribution in [-0.2, 0) is 11.2 Å². The molecule has 1 atom stereocenters. The summed E-state index contributed by atoms with van der Waals surface area (Å²) in [6.45, 7) is 0. The maximum absolute atomic E-state index is 12.8. The fourth-order valence-corrected chi connectivity index (χ4v) is 2.65. The van der Waals surface area contributed by atoms with Crippen molar-refractivity contribution in [1.82, 2.24) is 0 Å². The highest BCUT2D eigenvalue weighted by atomic mass is 16.1. The Morgan fingerprint density at radius 1 is 0.739 bits per heavy atom. The normalized spacial score (nSPS) is 11.7. The third kappa shape index (κ3) is 4.07. The second-order valence-corrected chi connectivity index (χ2v) is 5.51. The molecule has 0 heterocycles. The van der Waals surface area contributed by atoms with E-state index >= 15 is 0 Å². The summed E-state index contributed by atoms with van der Waals surface area (Å²) in [7, 11) is 0. The molecule has 23 heavy (non-hydrogen) atoms. The molecule has 0 unspecified atom stereocenters. The lowest BCUT2D eigenvalue weighted by atomic mass is 9.91. The Labute approximate surface area is 136 Å². The lowest BCUT2D eigenvalue weighted by molar-refractivity contribution is -0.117. The zero-order valence-corrected chi connectivity index (χ0v) is 12.9. The zero-order valence-electron chi connectivity index (χ0n) is 12.9. The molecule has 0 radical (unpaired) electrons. The van der Waals surface area contributed by atoms with E-state index in [4.69, 9.17) is 0 Å². The van der Waals surface area contributed by atoms with E-state index in [9.17, 15) is 4.79 Å². The van der Waals surface area contributed by atoms with E-state index < -0.39 is 0 Å². The van der Waals surface area contributed by atoms with Gasteiger partial charge in [0.2, 0.25) is 5.91 Å². The lowest BCUT2D eigenvalue weighted by Gasteiger charge is -2.17. The van der Waals surface area contributed by atoms with Gasteiger partial charge in [0.1, 0.15) is 0 Å². The molecule has 0 saturated carbocycles. The van der Waals surface area contributed by atoms with E-state index in [1.807, 2.05) is 78.9 Å². The Morgan fingerprint density at radius 2 is 1.26 bits per heavy atom. The molecule has 3 rings (SSSR count). The summed E-state index contributed by atoms with van der Waals surface area (Å²) < 4.78 is 0. The van der Waals surface area contributed by atoms with E-state index in [2.05, 4.69) is 17.4 Å². The lowest BCUT2D eigenvalue weighted by Crippen LogP contribution is -2.23. The minimum atomic E-state index is -0.209. The predicted octanol–water partition coefficient (Wildman–Crippen LogP) is 4.65. The molecule has 0 aromatic heterocycles. The van der Waals surface area contributed by atoms with Crippen LogP contribution in [0.25, 0.3) is 0 Å². The van der Waals surface area contributed by atoms with E-state index in [1.54, 1.807) is 0 Å². The predicted molar refractivity (Wildman–Crippen MR) is 94.4 cm³/mol. The fraction of sp³-hybridized carbons (Fsp3) is 0.0952. The van der Waals surface area contributed by atoms with Crippen LogP contribution >= 0.6 is 0 Å². The molecule has 1 N–H and O–H groups in total. The summed E-state index contributed by atoms with van der Waals surface area (Å²) >= 11 is 0. The standard InChI is InChI=1S/C21H19NO/c23-21(22-19-14-8-3-9-15-19)20(18-12-6-2-7-13-18)16-17-10-4-1-5-11-17/h1-15,20H,16H2,(H,22,23)/t20-/m0/s1. The SMILES string of the molecule is O=C(Nc1ccccc1)[C@@H](Cc1ccccc1)c1ccccc1. The van der Waals surface area contributed by atoms with Crippen LogP contribution in [-0.4, -0.2) is 5.91 Å². The smallest absolute Gasteiger partial charge is 0.232 e. The average molecular weight is 301 g/mol. The van der Waals surface area contributed by atoms with E-state index in [0.717, 1.165) is 16.8 Å². The van der Waals surface area contributed by atoms with Crippen molar-refractivity contribution in [2.75, 3.05) is 5.32 Å². The molecule has 0 saturated heterocycles. The van der Waals surface area contributed by atoms with Gasteiger partial charge in [0.15, 0.2) is 0 Å². The molecule has 0 aliphatic carbocycles. The second kappa shape index (κ2) is 7.41. The highest BCUT2D eigenvalue weighted by Gasteiger charge is 2.21. The summed E-state index contributed by atoms with van der Waals surface area (Å²) in [5, 5.41) is 3.02. The molecule has 0 spiro atoms. The minimum absolute atomic E-state index is 0.0197. The molecule has 2 heteroatoms. The molecular weight excluding hydrogens is 282 g/mol. The zero-order chi connectivity index (χ0) is 15.9. The summed E-state index contributed by atoms with van der Waals surface area (Å²) in [6, 6.07) is 29.7. The number of rotatable bonds is 5. The molecule has 2 nitrogen and oxygen atoms in total. The maximum atomic E-state index is 12.8. The van der Waals surface area contributed by atoms with Gasteiger partial charge in [0.25, 0.3) is 0 Å². The van der Waals surface area contributed by atoms with E-state index in [-0.39, 0.29) is 11.8 Å². The van der Waals surface area contributed by atoms with Crippen molar-refractivity contribution in [2.24, 2.45) is 0 Å². The summed E-state index contributed by atoms with van der Waals surface area (Å²) in [5.41, 5.74) is 3.01. The van der Waals surface area contributed by atoms with Gasteiger partial charge in [0, 0.05) is 5.69 Å². The number of benzene rings is 3. The largest absolute Gasteiger partial charge is 0.326 e. The number of para-hydroxylation sites is 1. The molecule has 0 aliphatic rings. The van der Waals surface area contributed by atoms with Gasteiger partial charge in [-0.3, -0.25) is 4.79 Å². The van der Waals surface area contributed by atoms with Crippen molar-refractivity contribution in [3.8, 4) is 0 Å². The Morgan fingerprint density at radius 3 is 1.87 bits per heavy atom. The molecule has 3 aromatic rings. The van der Waals surface area contributed by atoms with Gasteiger partial charge in [-0.15, -0.1) is 0 Å². The molecule has 114 valence electrons. The van der Waals surface area contributed by atoms with Gasteiger partial charge in [0.05, 0.1) is 5.92 Å². The van der Waals surface area contributed by atoms with Crippen molar-refractivity contribution in [3.63, 3.8) is 0 Å².